The molecule has 0 unspecified atom stereocenters. The first kappa shape index (κ1) is 12.5. The zero-order valence-electron chi connectivity index (χ0n) is 8.92. The van der Waals surface area contributed by atoms with Crippen LogP contribution in [0, 0.1) is 0 Å². The van der Waals surface area contributed by atoms with Crippen molar-refractivity contribution in [2.75, 3.05) is 7.05 Å². The Balaban J connectivity index is 4.20. The van der Waals surface area contributed by atoms with Crippen LogP contribution in [0.25, 0.3) is 0 Å². The zero-order valence-corrected chi connectivity index (χ0v) is 9.73. The molecule has 0 spiro atoms. The largest absolute Gasteiger partial charge is 0.591 e. The summed E-state index contributed by atoms with van der Waals surface area (Å²) in [4.78, 5) is 0. The minimum atomic E-state index is -1.16. The number of rotatable bonds is 3. The first-order valence-electron chi connectivity index (χ1n) is 4.18. The molecule has 0 aromatic heterocycles. The molecule has 0 aliphatic heterocycles. The Morgan fingerprint density at radius 2 is 2.00 bits per heavy atom. The lowest BCUT2D eigenvalue weighted by Crippen LogP contribution is -2.25. The summed E-state index contributed by atoms with van der Waals surface area (Å²) < 4.78 is 15.1. The predicted octanol–water partition coefficient (Wildman–Crippen LogP) is 1.64. The van der Waals surface area contributed by atoms with Crippen molar-refractivity contribution < 1.29 is 4.55 Å². The highest BCUT2D eigenvalue weighted by molar-refractivity contribution is 7.91. The monoisotopic (exact) mass is 202 g/mol. The van der Waals surface area contributed by atoms with E-state index >= 15 is 0 Å². The number of nitrogens with one attached hydrogen (secondary N) is 1. The molecule has 0 rings (SSSR count). The summed E-state index contributed by atoms with van der Waals surface area (Å²) in [5.41, 5.74) is 0.958. The Morgan fingerprint density at radius 1 is 1.46 bits per heavy atom. The van der Waals surface area contributed by atoms with E-state index in [9.17, 15) is 4.55 Å². The van der Waals surface area contributed by atoms with E-state index in [0.29, 0.717) is 0 Å². The third-order valence-corrected chi connectivity index (χ3v) is 2.59. The van der Waals surface area contributed by atoms with Gasteiger partial charge in [0.2, 0.25) is 0 Å². The molecule has 4 heteroatoms. The minimum Gasteiger partial charge on any atom is -0.591 e. The van der Waals surface area contributed by atoms with Crippen LogP contribution in [0.4, 0.5) is 0 Å². The first-order chi connectivity index (χ1) is 5.88. The average Bonchev–Trinajstić information content (AvgIpc) is 1.99. The Bertz CT molecular complexity index is 206. The molecule has 76 valence electrons. The Hall–Kier alpha value is -0.480. The van der Waals surface area contributed by atoms with Crippen molar-refractivity contribution in [1.29, 1.82) is 0 Å². The molecule has 3 nitrogen and oxygen atoms in total. The smallest absolute Gasteiger partial charge is 0.144 e. The van der Waals surface area contributed by atoms with Crippen molar-refractivity contribution >= 4 is 17.6 Å². The van der Waals surface area contributed by atoms with Crippen LogP contribution in [0.2, 0.25) is 0 Å². The molecule has 0 fully saturated rings. The summed E-state index contributed by atoms with van der Waals surface area (Å²) in [6.45, 7) is 7.60. The van der Waals surface area contributed by atoms with E-state index in [0.717, 1.165) is 5.57 Å². The highest BCUT2D eigenvalue weighted by atomic mass is 32.2. The van der Waals surface area contributed by atoms with E-state index in [1.807, 2.05) is 40.9 Å². The fourth-order valence-corrected chi connectivity index (χ4v) is 1.13. The second-order valence-corrected chi connectivity index (χ2v) is 5.71. The van der Waals surface area contributed by atoms with Crippen LogP contribution < -0.4 is 5.32 Å². The van der Waals surface area contributed by atoms with Crippen LogP contribution >= 0.6 is 0 Å². The lowest BCUT2D eigenvalue weighted by atomic mass is 10.3. The second kappa shape index (κ2) is 5.29. The van der Waals surface area contributed by atoms with Crippen LogP contribution in [0.15, 0.2) is 16.2 Å². The number of hydrogen-bond acceptors (Lipinski definition) is 3. The van der Waals surface area contributed by atoms with Gasteiger partial charge in [0, 0.05) is 13.2 Å². The van der Waals surface area contributed by atoms with Crippen molar-refractivity contribution in [3.8, 4) is 0 Å². The van der Waals surface area contributed by atoms with Gasteiger partial charge >= 0.3 is 0 Å². The van der Waals surface area contributed by atoms with E-state index in [4.69, 9.17) is 0 Å². The molecule has 1 N–H and O–H groups in total. The molecule has 0 bridgehead atoms. The molecule has 0 aliphatic rings. The van der Waals surface area contributed by atoms with Crippen LogP contribution in [-0.2, 0) is 11.4 Å². The van der Waals surface area contributed by atoms with Crippen molar-refractivity contribution in [1.82, 2.24) is 5.32 Å². The molecule has 0 aliphatic carbocycles. The van der Waals surface area contributed by atoms with E-state index in [2.05, 4.69) is 9.71 Å². The maximum atomic E-state index is 11.4. The molecule has 0 saturated carbocycles. The second-order valence-electron chi connectivity index (χ2n) is 3.77. The van der Waals surface area contributed by atoms with Gasteiger partial charge in [0.15, 0.2) is 0 Å². The maximum absolute atomic E-state index is 11.4. The van der Waals surface area contributed by atoms with Gasteiger partial charge in [0.25, 0.3) is 0 Å². The summed E-state index contributed by atoms with van der Waals surface area (Å²) in [6, 6.07) is 0. The van der Waals surface area contributed by atoms with Gasteiger partial charge in [-0.15, -0.1) is 0 Å². The summed E-state index contributed by atoms with van der Waals surface area (Å²) >= 11 is -1.16. The molecular weight excluding hydrogens is 184 g/mol. The highest BCUT2D eigenvalue weighted by Gasteiger charge is 2.25. The van der Waals surface area contributed by atoms with Crippen molar-refractivity contribution in [2.24, 2.45) is 4.40 Å². The Labute approximate surface area is 83.6 Å². The van der Waals surface area contributed by atoms with E-state index in [-0.39, 0.29) is 4.75 Å². The number of nitrogens with zero attached hydrogens (tertiary/aromatic N) is 1. The molecular formula is C9H18N2OS. The molecule has 0 aromatic carbocycles. The van der Waals surface area contributed by atoms with Gasteiger partial charge in [0.1, 0.15) is 16.1 Å². The first-order valence-corrected chi connectivity index (χ1v) is 5.28. The summed E-state index contributed by atoms with van der Waals surface area (Å²) in [5.74, 6) is 0. The van der Waals surface area contributed by atoms with E-state index < -0.39 is 11.4 Å². The fourth-order valence-electron chi connectivity index (χ4n) is 0.554. The van der Waals surface area contributed by atoms with Gasteiger partial charge in [0.05, 0.1) is 6.21 Å². The molecule has 0 saturated heterocycles. The summed E-state index contributed by atoms with van der Waals surface area (Å²) in [7, 11) is 1.82. The quantitative estimate of drug-likeness (QED) is 0.558. The molecule has 0 aromatic rings. The molecule has 13 heavy (non-hydrogen) atoms. The predicted molar refractivity (Wildman–Crippen MR) is 59.2 cm³/mol. The number of allylic oxidation sites excluding steroid dienone is 1. The number of hydrogen-bond donors (Lipinski definition) is 1. The molecule has 0 amide bonds. The van der Waals surface area contributed by atoms with Crippen LogP contribution in [0.3, 0.4) is 0 Å². The third kappa shape index (κ3) is 5.71. The lowest BCUT2D eigenvalue weighted by molar-refractivity contribution is 0.562. The maximum Gasteiger partial charge on any atom is 0.144 e. The van der Waals surface area contributed by atoms with Crippen molar-refractivity contribution in [3.63, 3.8) is 0 Å². The van der Waals surface area contributed by atoms with E-state index in [1.54, 1.807) is 6.21 Å². The zero-order chi connectivity index (χ0) is 10.5. The highest BCUT2D eigenvalue weighted by Crippen LogP contribution is 2.16. The topological polar surface area (TPSA) is 47.5 Å². The summed E-state index contributed by atoms with van der Waals surface area (Å²) in [6.07, 6.45) is 3.43. The summed E-state index contributed by atoms with van der Waals surface area (Å²) in [5, 5.41) is 2.88. The van der Waals surface area contributed by atoms with Gasteiger partial charge in [-0.1, -0.05) is 4.40 Å². The van der Waals surface area contributed by atoms with Crippen molar-refractivity contribution in [3.05, 3.63) is 11.8 Å². The SMILES string of the molecule is CN/C=C(C)/C=N/[S@@+]([O-])C(C)(C)C. The minimum absolute atomic E-state index is 0.281. The van der Waals surface area contributed by atoms with Gasteiger partial charge in [-0.3, -0.25) is 0 Å². The van der Waals surface area contributed by atoms with Gasteiger partial charge in [-0.05, 0) is 33.3 Å². The van der Waals surface area contributed by atoms with Crippen LogP contribution in [-0.4, -0.2) is 22.6 Å². The van der Waals surface area contributed by atoms with Gasteiger partial charge < -0.3 is 9.87 Å². The average molecular weight is 202 g/mol. The standard InChI is InChI=1S/C9H18N2OS/c1-8(6-10-5)7-11-13(12)9(2,3)4/h6-7,10H,1-5H3/b8-6+,11-7+/t13-/m0/s1. The lowest BCUT2D eigenvalue weighted by Gasteiger charge is -2.17. The normalized spacial score (nSPS) is 16.3. The molecule has 0 radical (unpaired) electrons. The van der Waals surface area contributed by atoms with Crippen molar-refractivity contribution in [2.45, 2.75) is 32.4 Å². The van der Waals surface area contributed by atoms with Crippen LogP contribution in [0.5, 0.6) is 0 Å². The molecule has 0 heterocycles. The third-order valence-electron chi connectivity index (χ3n) is 1.25. The fraction of sp³-hybridized carbons (Fsp3) is 0.667. The Morgan fingerprint density at radius 3 is 2.38 bits per heavy atom. The van der Waals surface area contributed by atoms with Crippen LogP contribution in [0.1, 0.15) is 27.7 Å². The molecule has 1 atom stereocenters. The van der Waals surface area contributed by atoms with E-state index in [1.165, 1.54) is 0 Å². The van der Waals surface area contributed by atoms with Gasteiger partial charge in [-0.2, -0.15) is 0 Å². The van der Waals surface area contributed by atoms with Gasteiger partial charge in [-0.25, -0.2) is 0 Å². The Kier molecular flexibility index (Phi) is 5.10.